The van der Waals surface area contributed by atoms with Gasteiger partial charge in [0.05, 0.1) is 0 Å². The molecule has 9 nitrogen and oxygen atoms in total. The summed E-state index contributed by atoms with van der Waals surface area (Å²) >= 11 is 1.43. The SMILES string of the molecule is CC1=C(C(=O)O)N2C(=O)C(NC(=O)C(N)c3ccccc3)C2SC1.O.O. The zero-order valence-corrected chi connectivity index (χ0v) is 14.7. The number of thioether (sulfide) groups is 1. The molecule has 3 unspecified atom stereocenters. The number of rotatable bonds is 4. The molecule has 0 radical (unpaired) electrons. The number of nitrogens with zero attached hydrogens (tertiary/aromatic N) is 1. The minimum atomic E-state index is -1.13. The lowest BCUT2D eigenvalue weighted by atomic mass is 10.0. The molecule has 1 aromatic carbocycles. The summed E-state index contributed by atoms with van der Waals surface area (Å²) in [6.07, 6.45) is 0. The van der Waals surface area contributed by atoms with Crippen LogP contribution in [0, 0.1) is 0 Å². The molecule has 1 saturated heterocycles. The molecule has 2 aliphatic heterocycles. The number of carboxylic acid groups (broad SMARTS) is 1. The monoisotopic (exact) mass is 383 g/mol. The van der Waals surface area contributed by atoms with Gasteiger partial charge in [0.25, 0.3) is 5.91 Å². The second-order valence-electron chi connectivity index (χ2n) is 5.72. The van der Waals surface area contributed by atoms with Crippen LogP contribution in [-0.2, 0) is 14.4 Å². The number of fused-ring (bicyclic) bond motifs is 1. The molecular formula is C16H21N3O6S. The average Bonchev–Trinajstić information content (AvgIpc) is 2.59. The Morgan fingerprint density at radius 2 is 1.92 bits per heavy atom. The minimum Gasteiger partial charge on any atom is -0.477 e. The van der Waals surface area contributed by atoms with Gasteiger partial charge in [0.2, 0.25) is 5.91 Å². The van der Waals surface area contributed by atoms with Gasteiger partial charge in [-0.25, -0.2) is 4.79 Å². The highest BCUT2D eigenvalue weighted by molar-refractivity contribution is 8.00. The molecule has 2 amide bonds. The van der Waals surface area contributed by atoms with Gasteiger partial charge in [-0.1, -0.05) is 30.3 Å². The third-order valence-corrected chi connectivity index (χ3v) is 5.52. The number of carboxylic acids is 1. The first kappa shape index (κ1) is 21.6. The molecule has 3 atom stereocenters. The molecule has 0 bridgehead atoms. The number of hydrogen-bond acceptors (Lipinski definition) is 5. The molecule has 1 aromatic rings. The molecule has 2 heterocycles. The standard InChI is InChI=1S/C16H17N3O4S.2H2O/c1-8-7-24-15-11(14(21)19(15)12(8)16(22)23)18-13(20)10(17)9-5-3-2-4-6-9;;/h2-6,10-11,15H,7,17H2,1H3,(H,18,20)(H,22,23);2*1H2. The van der Waals surface area contributed by atoms with E-state index < -0.39 is 35.2 Å². The number of amides is 2. The maximum Gasteiger partial charge on any atom is 0.352 e. The fourth-order valence-corrected chi connectivity index (χ4v) is 4.12. The van der Waals surface area contributed by atoms with Crippen LogP contribution in [0.4, 0.5) is 0 Å². The van der Waals surface area contributed by atoms with Crippen LogP contribution in [0.1, 0.15) is 18.5 Å². The van der Waals surface area contributed by atoms with E-state index in [0.29, 0.717) is 16.9 Å². The van der Waals surface area contributed by atoms with E-state index >= 15 is 0 Å². The predicted octanol–water partition coefficient (Wildman–Crippen LogP) is -1.20. The van der Waals surface area contributed by atoms with Gasteiger partial charge in [-0.15, -0.1) is 11.8 Å². The molecule has 2 aliphatic rings. The third-order valence-electron chi connectivity index (χ3n) is 4.10. The maximum atomic E-state index is 12.3. The molecule has 0 aliphatic carbocycles. The number of nitrogens with two attached hydrogens (primary N) is 1. The van der Waals surface area contributed by atoms with Crippen LogP contribution in [0.15, 0.2) is 41.6 Å². The maximum absolute atomic E-state index is 12.3. The van der Waals surface area contributed by atoms with Gasteiger partial charge in [0, 0.05) is 5.75 Å². The van der Waals surface area contributed by atoms with Gasteiger partial charge >= 0.3 is 5.97 Å². The number of hydrogen-bond donors (Lipinski definition) is 3. The van der Waals surface area contributed by atoms with E-state index in [1.807, 2.05) is 6.07 Å². The summed E-state index contributed by atoms with van der Waals surface area (Å²) in [5.74, 6) is -1.50. The predicted molar refractivity (Wildman–Crippen MR) is 96.0 cm³/mol. The molecule has 26 heavy (non-hydrogen) atoms. The van der Waals surface area contributed by atoms with Gasteiger partial charge in [-0.05, 0) is 18.1 Å². The van der Waals surface area contributed by atoms with Crippen molar-refractivity contribution in [2.75, 3.05) is 5.75 Å². The van der Waals surface area contributed by atoms with Gasteiger partial charge in [0.15, 0.2) is 0 Å². The summed E-state index contributed by atoms with van der Waals surface area (Å²) in [6, 6.07) is 7.23. The van der Waals surface area contributed by atoms with Gasteiger partial charge in [-0.2, -0.15) is 0 Å². The molecule has 10 heteroatoms. The third kappa shape index (κ3) is 3.58. The quantitative estimate of drug-likeness (QED) is 0.550. The molecule has 142 valence electrons. The normalized spacial score (nSPS) is 22.2. The van der Waals surface area contributed by atoms with E-state index in [4.69, 9.17) is 5.73 Å². The summed E-state index contributed by atoms with van der Waals surface area (Å²) in [5, 5.41) is 11.5. The number of carbonyl (C=O) groups is 3. The smallest absolute Gasteiger partial charge is 0.352 e. The zero-order valence-electron chi connectivity index (χ0n) is 13.9. The number of carbonyl (C=O) groups excluding carboxylic acids is 2. The molecule has 8 N–H and O–H groups in total. The topological polar surface area (TPSA) is 176 Å². The van der Waals surface area contributed by atoms with Crippen LogP contribution < -0.4 is 11.1 Å². The van der Waals surface area contributed by atoms with E-state index in [2.05, 4.69) is 5.32 Å². The highest BCUT2D eigenvalue weighted by Gasteiger charge is 2.53. The number of nitrogens with one attached hydrogen (secondary N) is 1. The second-order valence-corrected chi connectivity index (χ2v) is 6.82. The van der Waals surface area contributed by atoms with Crippen molar-refractivity contribution >= 4 is 29.5 Å². The van der Waals surface area contributed by atoms with Crippen LogP contribution >= 0.6 is 11.8 Å². The van der Waals surface area contributed by atoms with Crippen molar-refractivity contribution in [3.63, 3.8) is 0 Å². The van der Waals surface area contributed by atoms with Crippen molar-refractivity contribution in [1.29, 1.82) is 0 Å². The van der Waals surface area contributed by atoms with Crippen LogP contribution in [0.25, 0.3) is 0 Å². The highest BCUT2D eigenvalue weighted by Crippen LogP contribution is 2.40. The Balaban J connectivity index is 0.00000169. The Morgan fingerprint density at radius 1 is 1.31 bits per heavy atom. The first-order valence-electron chi connectivity index (χ1n) is 7.40. The summed E-state index contributed by atoms with van der Waals surface area (Å²) in [6.45, 7) is 1.69. The van der Waals surface area contributed by atoms with Crippen molar-refractivity contribution < 1.29 is 30.4 Å². The lowest BCUT2D eigenvalue weighted by molar-refractivity contribution is -0.150. The Kier molecular flexibility index (Phi) is 6.93. The Hall–Kier alpha value is -2.40. The van der Waals surface area contributed by atoms with E-state index in [0.717, 1.165) is 0 Å². The molecular weight excluding hydrogens is 362 g/mol. The van der Waals surface area contributed by atoms with Crippen molar-refractivity contribution in [2.24, 2.45) is 5.73 Å². The summed E-state index contributed by atoms with van der Waals surface area (Å²) < 4.78 is 0. The number of aliphatic carboxylic acids is 1. The van der Waals surface area contributed by atoms with Crippen LogP contribution in [0.3, 0.4) is 0 Å². The Bertz CT molecular complexity index is 739. The molecule has 0 aromatic heterocycles. The van der Waals surface area contributed by atoms with Gasteiger partial charge in [-0.3, -0.25) is 14.5 Å². The first-order valence-corrected chi connectivity index (χ1v) is 8.45. The van der Waals surface area contributed by atoms with E-state index in [1.54, 1.807) is 31.2 Å². The molecule has 0 saturated carbocycles. The second kappa shape index (κ2) is 8.32. The molecule has 3 rings (SSSR count). The van der Waals surface area contributed by atoms with Crippen LogP contribution in [0.5, 0.6) is 0 Å². The fraction of sp³-hybridized carbons (Fsp3) is 0.312. The number of benzene rings is 1. The highest BCUT2D eigenvalue weighted by atomic mass is 32.2. The van der Waals surface area contributed by atoms with Crippen molar-refractivity contribution in [2.45, 2.75) is 24.4 Å². The minimum absolute atomic E-state index is 0. The molecule has 1 fully saturated rings. The summed E-state index contributed by atoms with van der Waals surface area (Å²) in [7, 11) is 0. The Morgan fingerprint density at radius 3 is 2.50 bits per heavy atom. The fourth-order valence-electron chi connectivity index (χ4n) is 2.83. The average molecular weight is 383 g/mol. The Labute approximate surface area is 153 Å². The summed E-state index contributed by atoms with van der Waals surface area (Å²) in [4.78, 5) is 37.2. The van der Waals surface area contributed by atoms with Crippen molar-refractivity contribution in [3.05, 3.63) is 47.2 Å². The van der Waals surface area contributed by atoms with E-state index in [9.17, 15) is 19.5 Å². The molecule has 0 spiro atoms. The van der Waals surface area contributed by atoms with Gasteiger partial charge < -0.3 is 27.1 Å². The van der Waals surface area contributed by atoms with Crippen LogP contribution in [-0.4, -0.2) is 55.9 Å². The van der Waals surface area contributed by atoms with Gasteiger partial charge in [0.1, 0.15) is 23.2 Å². The lowest BCUT2D eigenvalue weighted by Crippen LogP contribution is -2.71. The van der Waals surface area contributed by atoms with E-state index in [1.165, 1.54) is 16.7 Å². The van der Waals surface area contributed by atoms with Crippen molar-refractivity contribution in [1.82, 2.24) is 10.2 Å². The van der Waals surface area contributed by atoms with Crippen molar-refractivity contribution in [3.8, 4) is 0 Å². The summed E-state index contributed by atoms with van der Waals surface area (Å²) in [5.41, 5.74) is 7.24. The zero-order chi connectivity index (χ0) is 17.4. The van der Waals surface area contributed by atoms with E-state index in [-0.39, 0.29) is 16.6 Å². The largest absolute Gasteiger partial charge is 0.477 e. The number of β-lactam (4-membered cyclic amide) rings is 1. The lowest BCUT2D eigenvalue weighted by Gasteiger charge is -2.49. The first-order chi connectivity index (χ1) is 11.4. The van der Waals surface area contributed by atoms with Crippen LogP contribution in [0.2, 0.25) is 0 Å².